The number of halogens is 6. The zero-order chi connectivity index (χ0) is 19.4. The third kappa shape index (κ3) is 5.35. The van der Waals surface area contributed by atoms with E-state index >= 15 is 0 Å². The third-order valence-electron chi connectivity index (χ3n) is 3.20. The lowest BCUT2D eigenvalue weighted by Gasteiger charge is -2.37. The van der Waals surface area contributed by atoms with Crippen LogP contribution in [0.3, 0.4) is 0 Å². The normalized spacial score (nSPS) is 16.1. The van der Waals surface area contributed by atoms with Crippen molar-refractivity contribution in [1.82, 2.24) is 5.32 Å². The summed E-state index contributed by atoms with van der Waals surface area (Å²) in [6.45, 7) is 4.81. The fraction of sp³-hybridized carbons (Fsp3) is 0.917. The molecule has 1 amide bonds. The molecule has 1 unspecified atom stereocenters. The Balaban J connectivity index is 5.77. The van der Waals surface area contributed by atoms with Crippen LogP contribution in [0.25, 0.3) is 0 Å². The molecule has 0 aromatic heterocycles. The molecule has 24 heavy (non-hydrogen) atoms. The number of amides is 1. The number of rotatable bonds is 8. The smallest absolute Gasteiger partial charge is 0.339 e. The lowest BCUT2D eigenvalue weighted by Crippen LogP contribution is -2.54. The molecule has 0 aliphatic carbocycles. The van der Waals surface area contributed by atoms with Crippen molar-refractivity contribution < 1.29 is 44.7 Å². The summed E-state index contributed by atoms with van der Waals surface area (Å²) in [6.07, 6.45) is -12.0. The van der Waals surface area contributed by atoms with Crippen LogP contribution in [-0.4, -0.2) is 36.8 Å². The Morgan fingerprint density at radius 1 is 1.00 bits per heavy atom. The molecule has 0 fully saturated rings. The van der Waals surface area contributed by atoms with Crippen LogP contribution in [-0.2, 0) is 18.4 Å². The maximum absolute atomic E-state index is 12.7. The molecule has 1 N–H and O–H groups in total. The van der Waals surface area contributed by atoms with E-state index in [1.165, 1.54) is 20.8 Å². The van der Waals surface area contributed by atoms with Crippen LogP contribution in [0.2, 0.25) is 0 Å². The number of hydrogen-bond acceptors (Lipinski definition) is 4. The molecule has 0 aliphatic rings. The van der Waals surface area contributed by atoms with Gasteiger partial charge in [-0.2, -0.15) is 26.3 Å². The molecule has 0 radical (unpaired) electrons. The van der Waals surface area contributed by atoms with Crippen molar-refractivity contribution >= 4 is 13.5 Å². The van der Waals surface area contributed by atoms with Gasteiger partial charge in [-0.25, -0.2) is 0 Å². The van der Waals surface area contributed by atoms with Gasteiger partial charge < -0.3 is 14.4 Å². The maximum Gasteiger partial charge on any atom is 0.409 e. The predicted octanol–water partition coefficient (Wildman–Crippen LogP) is 4.24. The summed E-state index contributed by atoms with van der Waals surface area (Å²) in [5.41, 5.74) is 0. The molecule has 0 saturated carbocycles. The zero-order valence-electron chi connectivity index (χ0n) is 13.5. The van der Waals surface area contributed by atoms with Crippen molar-refractivity contribution in [2.24, 2.45) is 5.92 Å². The molecule has 0 heterocycles. The van der Waals surface area contributed by atoms with Crippen LogP contribution >= 0.6 is 7.60 Å². The molecule has 5 nitrogen and oxygen atoms in total. The highest BCUT2D eigenvalue weighted by atomic mass is 31.2. The van der Waals surface area contributed by atoms with E-state index in [0.717, 1.165) is 6.92 Å². The summed E-state index contributed by atoms with van der Waals surface area (Å²) in [4.78, 5) is 11.7. The molecule has 0 aromatic rings. The highest BCUT2D eigenvalue weighted by molar-refractivity contribution is 7.55. The maximum atomic E-state index is 12.7. The second-order valence-electron chi connectivity index (χ2n) is 4.97. The van der Waals surface area contributed by atoms with Gasteiger partial charge in [0.15, 0.2) is 0 Å². The number of alkyl halides is 6. The SMILES string of the molecule is CCOP(=O)(OCC)C(C)(CC)NC(=O)C(C(F)(F)F)C(F)(F)F. The van der Waals surface area contributed by atoms with Crippen molar-refractivity contribution in [2.45, 2.75) is 51.7 Å². The van der Waals surface area contributed by atoms with Crippen LogP contribution in [0.4, 0.5) is 26.3 Å². The first-order chi connectivity index (χ1) is 10.7. The third-order valence-corrected chi connectivity index (χ3v) is 6.03. The predicted molar refractivity (Wildman–Crippen MR) is 73.3 cm³/mol. The van der Waals surface area contributed by atoms with Gasteiger partial charge in [-0.15, -0.1) is 0 Å². The summed E-state index contributed by atoms with van der Waals surface area (Å²) < 4.78 is 98.3. The summed E-state index contributed by atoms with van der Waals surface area (Å²) in [5.74, 6) is -6.61. The largest absolute Gasteiger partial charge is 0.409 e. The number of carbonyl (C=O) groups is 1. The van der Waals surface area contributed by atoms with E-state index in [-0.39, 0.29) is 19.6 Å². The summed E-state index contributed by atoms with van der Waals surface area (Å²) in [6, 6.07) is 0. The Labute approximate surface area is 135 Å². The van der Waals surface area contributed by atoms with Crippen molar-refractivity contribution in [2.75, 3.05) is 13.2 Å². The Bertz CT molecular complexity index is 457. The Morgan fingerprint density at radius 3 is 1.62 bits per heavy atom. The molecule has 0 bridgehead atoms. The van der Waals surface area contributed by atoms with E-state index in [1.807, 2.05) is 0 Å². The Morgan fingerprint density at radius 2 is 1.38 bits per heavy atom. The highest BCUT2D eigenvalue weighted by Crippen LogP contribution is 2.60. The molecule has 12 heteroatoms. The highest BCUT2D eigenvalue weighted by Gasteiger charge is 2.62. The zero-order valence-corrected chi connectivity index (χ0v) is 14.4. The Kier molecular flexibility index (Phi) is 7.78. The van der Waals surface area contributed by atoms with Gasteiger partial charge in [-0.05, 0) is 27.2 Å². The van der Waals surface area contributed by atoms with Gasteiger partial charge in [0.2, 0.25) is 11.8 Å². The van der Waals surface area contributed by atoms with E-state index in [4.69, 9.17) is 9.05 Å². The molecule has 0 aliphatic heterocycles. The van der Waals surface area contributed by atoms with Crippen LogP contribution in [0, 0.1) is 5.92 Å². The molecule has 0 rings (SSSR count). The van der Waals surface area contributed by atoms with Gasteiger partial charge in [-0.3, -0.25) is 9.36 Å². The number of hydrogen-bond donors (Lipinski definition) is 1. The van der Waals surface area contributed by atoms with Gasteiger partial charge in [0.05, 0.1) is 13.2 Å². The van der Waals surface area contributed by atoms with Crippen LogP contribution in [0.15, 0.2) is 0 Å². The first-order valence-electron chi connectivity index (χ1n) is 7.03. The van der Waals surface area contributed by atoms with Gasteiger partial charge in [-0.1, -0.05) is 6.92 Å². The minimum Gasteiger partial charge on any atom is -0.339 e. The van der Waals surface area contributed by atoms with Crippen molar-refractivity contribution in [3.05, 3.63) is 0 Å². The second-order valence-corrected chi connectivity index (χ2v) is 7.46. The van der Waals surface area contributed by atoms with Crippen molar-refractivity contribution in [3.8, 4) is 0 Å². The summed E-state index contributed by atoms with van der Waals surface area (Å²) in [7, 11) is -4.21. The van der Waals surface area contributed by atoms with E-state index < -0.39 is 37.1 Å². The van der Waals surface area contributed by atoms with Crippen LogP contribution < -0.4 is 5.32 Å². The van der Waals surface area contributed by atoms with Gasteiger partial charge in [0.1, 0.15) is 5.28 Å². The second kappa shape index (κ2) is 8.05. The fourth-order valence-electron chi connectivity index (χ4n) is 1.83. The Hall–Kier alpha value is -0.800. The van der Waals surface area contributed by atoms with Crippen molar-refractivity contribution in [3.63, 3.8) is 0 Å². The molecular weight excluding hydrogens is 367 g/mol. The van der Waals surface area contributed by atoms with E-state index in [0.29, 0.717) is 0 Å². The molecule has 144 valence electrons. The molecular formula is C12H20F6NO4P. The molecule has 0 aromatic carbocycles. The quantitative estimate of drug-likeness (QED) is 0.500. The van der Waals surface area contributed by atoms with E-state index in [9.17, 15) is 35.7 Å². The summed E-state index contributed by atoms with van der Waals surface area (Å²) in [5, 5.41) is -0.476. The molecule has 1 atom stereocenters. The van der Waals surface area contributed by atoms with Gasteiger partial charge in [0.25, 0.3) is 0 Å². The standard InChI is InChI=1S/C12H20F6NO4P/c1-5-10(4,24(21,22-6-2)23-7-3)19-9(20)8(11(13,14)15)12(16,17)18/h8H,5-7H2,1-4H3,(H,19,20). The number of carbonyl (C=O) groups excluding carboxylic acids is 1. The van der Waals surface area contributed by atoms with Crippen molar-refractivity contribution in [1.29, 1.82) is 0 Å². The fourth-order valence-corrected chi connectivity index (χ4v) is 3.79. The minimum atomic E-state index is -5.85. The minimum absolute atomic E-state index is 0.176. The first-order valence-corrected chi connectivity index (χ1v) is 8.57. The average Bonchev–Trinajstić information content (AvgIpc) is 2.35. The first kappa shape index (κ1) is 23.2. The average molecular weight is 387 g/mol. The lowest BCUT2D eigenvalue weighted by atomic mass is 10.1. The summed E-state index contributed by atoms with van der Waals surface area (Å²) >= 11 is 0. The topological polar surface area (TPSA) is 64.6 Å². The molecule has 0 spiro atoms. The van der Waals surface area contributed by atoms with Gasteiger partial charge >= 0.3 is 19.9 Å². The van der Waals surface area contributed by atoms with E-state index in [1.54, 1.807) is 5.32 Å². The molecule has 0 saturated heterocycles. The van der Waals surface area contributed by atoms with Gasteiger partial charge in [0, 0.05) is 0 Å². The van der Waals surface area contributed by atoms with E-state index in [2.05, 4.69) is 0 Å². The lowest BCUT2D eigenvalue weighted by molar-refractivity contribution is -0.274. The van der Waals surface area contributed by atoms with Crippen LogP contribution in [0.1, 0.15) is 34.1 Å². The monoisotopic (exact) mass is 387 g/mol. The van der Waals surface area contributed by atoms with Crippen LogP contribution in [0.5, 0.6) is 0 Å². The number of nitrogens with one attached hydrogen (secondary N) is 1.